The summed E-state index contributed by atoms with van der Waals surface area (Å²) < 4.78 is 5.40. The van der Waals surface area contributed by atoms with Crippen molar-refractivity contribution in [1.82, 2.24) is 14.9 Å². The number of methoxy groups -OCH3 is 1. The van der Waals surface area contributed by atoms with Crippen LogP contribution in [0.1, 0.15) is 31.8 Å². The second-order valence-electron chi connectivity index (χ2n) is 8.42. The van der Waals surface area contributed by atoms with Gasteiger partial charge in [0.25, 0.3) is 11.8 Å². The summed E-state index contributed by atoms with van der Waals surface area (Å²) in [7, 11) is 7.40. The van der Waals surface area contributed by atoms with Crippen LogP contribution < -0.4 is 15.4 Å². The maximum atomic E-state index is 13.0. The summed E-state index contributed by atoms with van der Waals surface area (Å²) in [6, 6.07) is 15.2. The van der Waals surface area contributed by atoms with Gasteiger partial charge < -0.3 is 20.3 Å². The molecule has 9 heteroatoms. The Bertz CT molecular complexity index is 1290. The minimum absolute atomic E-state index is 0.222. The third kappa shape index (κ3) is 7.65. The number of pyridine rings is 1. The molecule has 0 radical (unpaired) electrons. The largest absolute Gasteiger partial charge is 0.495 e. The van der Waals surface area contributed by atoms with Gasteiger partial charge in [0.1, 0.15) is 11.6 Å². The minimum atomic E-state index is -0.458. The molecule has 190 valence electrons. The summed E-state index contributed by atoms with van der Waals surface area (Å²) in [5, 5.41) is 11.8. The molecule has 9 nitrogen and oxygen atoms in total. The van der Waals surface area contributed by atoms with Crippen molar-refractivity contribution in [3.63, 3.8) is 0 Å². The molecule has 0 aliphatic heterocycles. The average molecular weight is 499 g/mol. The Morgan fingerprint density at radius 1 is 1.03 bits per heavy atom. The van der Waals surface area contributed by atoms with Crippen LogP contribution >= 0.6 is 0 Å². The second kappa shape index (κ2) is 12.9. The van der Waals surface area contributed by atoms with Crippen LogP contribution in [0.3, 0.4) is 0 Å². The zero-order chi connectivity index (χ0) is 26.8. The highest BCUT2D eigenvalue weighted by Crippen LogP contribution is 2.29. The fourth-order valence-corrected chi connectivity index (χ4v) is 3.23. The van der Waals surface area contributed by atoms with E-state index in [0.717, 1.165) is 18.7 Å². The fraction of sp³-hybridized carbons (Fsp3) is 0.214. The Hall–Kier alpha value is -4.68. The fourth-order valence-electron chi connectivity index (χ4n) is 3.23. The highest BCUT2D eigenvalue weighted by molar-refractivity contribution is 6.13. The SMILES string of the molecule is C#Cc1ccc(NC(=O)c2cccc(OC)c2NC(=O)c2ccc(C=NN(C)CCN(C)C)cc2)nc1. The second-order valence-corrected chi connectivity index (χ2v) is 8.42. The molecule has 0 spiro atoms. The summed E-state index contributed by atoms with van der Waals surface area (Å²) in [4.78, 5) is 32.3. The van der Waals surface area contributed by atoms with E-state index in [4.69, 9.17) is 11.2 Å². The number of hydrazone groups is 1. The van der Waals surface area contributed by atoms with Gasteiger partial charge in [-0.05, 0) is 56.1 Å². The average Bonchev–Trinajstić information content (AvgIpc) is 2.91. The van der Waals surface area contributed by atoms with E-state index in [1.54, 1.807) is 60.8 Å². The third-order valence-electron chi connectivity index (χ3n) is 5.35. The number of anilines is 2. The van der Waals surface area contributed by atoms with Gasteiger partial charge in [0, 0.05) is 37.5 Å². The van der Waals surface area contributed by atoms with Gasteiger partial charge in [-0.25, -0.2) is 4.98 Å². The molecule has 0 atom stereocenters. The van der Waals surface area contributed by atoms with Crippen molar-refractivity contribution >= 4 is 29.5 Å². The lowest BCUT2D eigenvalue weighted by Gasteiger charge is -2.16. The lowest BCUT2D eigenvalue weighted by atomic mass is 10.1. The van der Waals surface area contributed by atoms with E-state index < -0.39 is 5.91 Å². The number of rotatable bonds is 10. The molecule has 2 aromatic carbocycles. The van der Waals surface area contributed by atoms with Gasteiger partial charge in [-0.1, -0.05) is 24.1 Å². The van der Waals surface area contributed by atoms with Gasteiger partial charge in [0.2, 0.25) is 0 Å². The highest BCUT2D eigenvalue weighted by atomic mass is 16.5. The van der Waals surface area contributed by atoms with Crippen molar-refractivity contribution in [2.75, 3.05) is 52.0 Å². The van der Waals surface area contributed by atoms with Gasteiger partial charge in [-0.3, -0.25) is 14.6 Å². The maximum Gasteiger partial charge on any atom is 0.259 e. The van der Waals surface area contributed by atoms with E-state index in [-0.39, 0.29) is 17.2 Å². The number of ether oxygens (including phenoxy) is 1. The molecule has 0 saturated heterocycles. The maximum absolute atomic E-state index is 13.0. The summed E-state index contributed by atoms with van der Waals surface area (Å²) in [5.74, 6) is 2.30. The molecule has 0 saturated carbocycles. The molecular weight excluding hydrogens is 468 g/mol. The minimum Gasteiger partial charge on any atom is -0.495 e. The number of likely N-dealkylation sites (N-methyl/N-ethyl adjacent to an activating group) is 2. The van der Waals surface area contributed by atoms with Crippen molar-refractivity contribution in [2.45, 2.75) is 0 Å². The molecule has 37 heavy (non-hydrogen) atoms. The monoisotopic (exact) mass is 498 g/mol. The van der Waals surface area contributed by atoms with Crippen LogP contribution in [0.2, 0.25) is 0 Å². The highest BCUT2D eigenvalue weighted by Gasteiger charge is 2.19. The molecule has 3 aromatic rings. The number of aromatic nitrogens is 1. The number of nitrogens with one attached hydrogen (secondary N) is 2. The number of carbonyl (C=O) groups excluding carboxylic acids is 2. The smallest absolute Gasteiger partial charge is 0.259 e. The molecule has 0 bridgehead atoms. The zero-order valence-corrected chi connectivity index (χ0v) is 21.4. The van der Waals surface area contributed by atoms with E-state index >= 15 is 0 Å². The van der Waals surface area contributed by atoms with Crippen molar-refractivity contribution in [3.8, 4) is 18.1 Å². The van der Waals surface area contributed by atoms with Crippen LogP contribution in [-0.2, 0) is 0 Å². The first-order chi connectivity index (χ1) is 17.8. The molecule has 3 rings (SSSR count). The van der Waals surface area contributed by atoms with Gasteiger partial charge in [0.05, 0.1) is 24.6 Å². The lowest BCUT2D eigenvalue weighted by molar-refractivity contribution is 0.102. The Morgan fingerprint density at radius 2 is 1.78 bits per heavy atom. The number of nitrogens with zero attached hydrogens (tertiary/aromatic N) is 4. The first kappa shape index (κ1) is 26.9. The Labute approximate surface area is 217 Å². The number of carbonyl (C=O) groups is 2. The molecule has 1 aromatic heterocycles. The molecule has 0 unspecified atom stereocenters. The van der Waals surface area contributed by atoms with Crippen LogP contribution in [0, 0.1) is 12.3 Å². The first-order valence-corrected chi connectivity index (χ1v) is 11.5. The van der Waals surface area contributed by atoms with Gasteiger partial charge in [0.15, 0.2) is 0 Å². The Kier molecular flexibility index (Phi) is 9.35. The van der Waals surface area contributed by atoms with E-state index in [1.165, 1.54) is 13.3 Å². The molecule has 2 N–H and O–H groups in total. The topological polar surface area (TPSA) is 99.2 Å². The number of benzene rings is 2. The summed E-state index contributed by atoms with van der Waals surface area (Å²) >= 11 is 0. The molecule has 0 fully saturated rings. The first-order valence-electron chi connectivity index (χ1n) is 11.5. The number of hydrogen-bond donors (Lipinski definition) is 2. The van der Waals surface area contributed by atoms with Gasteiger partial charge in [-0.15, -0.1) is 6.42 Å². The molecule has 2 amide bonds. The number of terminal acetylenes is 1. The van der Waals surface area contributed by atoms with Crippen LogP contribution in [0.4, 0.5) is 11.5 Å². The van der Waals surface area contributed by atoms with Crippen molar-refractivity contribution in [1.29, 1.82) is 0 Å². The van der Waals surface area contributed by atoms with Crippen LogP contribution in [0.15, 0.2) is 65.9 Å². The van der Waals surface area contributed by atoms with Gasteiger partial charge in [-0.2, -0.15) is 5.10 Å². The lowest BCUT2D eigenvalue weighted by Crippen LogP contribution is -2.25. The van der Waals surface area contributed by atoms with E-state index in [0.29, 0.717) is 22.7 Å². The van der Waals surface area contributed by atoms with Gasteiger partial charge >= 0.3 is 0 Å². The molecular formula is C28H30N6O3. The zero-order valence-electron chi connectivity index (χ0n) is 21.4. The predicted octanol–water partition coefficient (Wildman–Crippen LogP) is 3.40. The van der Waals surface area contributed by atoms with Crippen LogP contribution in [0.25, 0.3) is 0 Å². The van der Waals surface area contributed by atoms with Crippen molar-refractivity contribution in [2.24, 2.45) is 5.10 Å². The molecule has 1 heterocycles. The third-order valence-corrected chi connectivity index (χ3v) is 5.35. The van der Waals surface area contributed by atoms with E-state index in [9.17, 15) is 9.59 Å². The normalized spacial score (nSPS) is 10.7. The summed E-state index contributed by atoms with van der Waals surface area (Å²) in [6.45, 7) is 1.69. The van der Waals surface area contributed by atoms with Crippen molar-refractivity contribution < 1.29 is 14.3 Å². The Morgan fingerprint density at radius 3 is 2.41 bits per heavy atom. The van der Waals surface area contributed by atoms with E-state index in [1.807, 2.05) is 26.2 Å². The predicted molar refractivity (Wildman–Crippen MR) is 146 cm³/mol. The number of hydrogen-bond acceptors (Lipinski definition) is 7. The van der Waals surface area contributed by atoms with Crippen molar-refractivity contribution in [3.05, 3.63) is 83.0 Å². The molecule has 0 aliphatic rings. The standard InChI is InChI=1S/C28H30N6O3/c1-6-20-12-15-25(29-18-20)31-28(36)23-8-7-9-24(37-5)26(23)32-27(35)22-13-10-21(11-14-22)19-30-34(4)17-16-33(2)3/h1,7-15,18-19H,16-17H2,2-5H3,(H,32,35)(H,29,31,36). The summed E-state index contributed by atoms with van der Waals surface area (Å²) in [5.41, 5.74) is 2.35. The Balaban J connectivity index is 1.73. The quantitative estimate of drug-likeness (QED) is 0.253. The van der Waals surface area contributed by atoms with E-state index in [2.05, 4.69) is 31.5 Å². The number of amides is 2. The number of para-hydroxylation sites is 1. The summed E-state index contributed by atoms with van der Waals surface area (Å²) in [6.07, 6.45) is 8.58. The molecule has 0 aliphatic carbocycles. The van der Waals surface area contributed by atoms with Crippen LogP contribution in [-0.4, -0.2) is 74.3 Å². The van der Waals surface area contributed by atoms with Crippen LogP contribution in [0.5, 0.6) is 5.75 Å².